The summed E-state index contributed by atoms with van der Waals surface area (Å²) < 4.78 is 5.41. The summed E-state index contributed by atoms with van der Waals surface area (Å²) >= 11 is 0. The molecule has 0 aromatic heterocycles. The monoisotopic (exact) mass is 270 g/mol. The molecule has 0 saturated carbocycles. The number of carbonyl (C=O) groups excluding carboxylic acids is 1. The average Bonchev–Trinajstić information content (AvgIpc) is 2.35. The predicted molar refractivity (Wildman–Crippen MR) is 78.1 cm³/mol. The molecule has 0 radical (unpaired) electrons. The molecule has 1 heterocycles. The second-order valence-corrected chi connectivity index (χ2v) is 6.54. The molecule has 4 nitrogen and oxygen atoms in total. The van der Waals surface area contributed by atoms with Crippen LogP contribution in [-0.2, 0) is 9.53 Å². The van der Waals surface area contributed by atoms with Crippen molar-refractivity contribution >= 4 is 5.91 Å². The van der Waals surface area contributed by atoms with Gasteiger partial charge < -0.3 is 15.0 Å². The lowest BCUT2D eigenvalue weighted by Crippen LogP contribution is -2.50. The molecule has 1 saturated heterocycles. The van der Waals surface area contributed by atoms with Crippen molar-refractivity contribution in [2.24, 2.45) is 5.41 Å². The Morgan fingerprint density at radius 1 is 1.37 bits per heavy atom. The standard InChI is InChI=1S/C15H30N2O2/c1-6-19-11-12(2)16-13-7-9-17(10-8-13)14(18)15(3,4)5/h12-13,16H,6-11H2,1-5H3. The van der Waals surface area contributed by atoms with Crippen LogP contribution in [0.25, 0.3) is 0 Å². The number of rotatable bonds is 5. The molecule has 1 aliphatic rings. The van der Waals surface area contributed by atoms with Gasteiger partial charge in [0.15, 0.2) is 0 Å². The lowest BCUT2D eigenvalue weighted by molar-refractivity contribution is -0.140. The van der Waals surface area contributed by atoms with Crippen LogP contribution >= 0.6 is 0 Å². The van der Waals surface area contributed by atoms with Crippen molar-refractivity contribution in [2.75, 3.05) is 26.3 Å². The zero-order chi connectivity index (χ0) is 14.5. The van der Waals surface area contributed by atoms with Gasteiger partial charge in [0.1, 0.15) is 0 Å². The van der Waals surface area contributed by atoms with Crippen molar-refractivity contribution in [1.82, 2.24) is 10.2 Å². The molecule has 112 valence electrons. The number of piperidine rings is 1. The Balaban J connectivity index is 2.31. The van der Waals surface area contributed by atoms with Gasteiger partial charge in [0, 0.05) is 37.2 Å². The molecular weight excluding hydrogens is 240 g/mol. The maximum absolute atomic E-state index is 12.2. The molecule has 0 aliphatic carbocycles. The molecule has 0 bridgehead atoms. The van der Waals surface area contributed by atoms with E-state index in [-0.39, 0.29) is 11.3 Å². The summed E-state index contributed by atoms with van der Waals surface area (Å²) in [5.41, 5.74) is -0.261. The van der Waals surface area contributed by atoms with Gasteiger partial charge in [-0.3, -0.25) is 4.79 Å². The molecule has 1 amide bonds. The van der Waals surface area contributed by atoms with E-state index >= 15 is 0 Å². The maximum atomic E-state index is 12.2. The molecule has 19 heavy (non-hydrogen) atoms. The zero-order valence-electron chi connectivity index (χ0n) is 13.2. The number of hydrogen-bond acceptors (Lipinski definition) is 3. The number of ether oxygens (including phenoxy) is 1. The molecule has 0 spiro atoms. The minimum atomic E-state index is -0.261. The summed E-state index contributed by atoms with van der Waals surface area (Å²) in [6.07, 6.45) is 2.08. The number of nitrogens with one attached hydrogen (secondary N) is 1. The van der Waals surface area contributed by atoms with Crippen molar-refractivity contribution in [1.29, 1.82) is 0 Å². The SMILES string of the molecule is CCOCC(C)NC1CCN(C(=O)C(C)(C)C)CC1. The van der Waals surface area contributed by atoms with Gasteiger partial charge in [0.25, 0.3) is 0 Å². The van der Waals surface area contributed by atoms with Crippen LogP contribution in [0.2, 0.25) is 0 Å². The molecule has 1 unspecified atom stereocenters. The largest absolute Gasteiger partial charge is 0.380 e. The van der Waals surface area contributed by atoms with Crippen molar-refractivity contribution < 1.29 is 9.53 Å². The summed E-state index contributed by atoms with van der Waals surface area (Å²) in [4.78, 5) is 14.2. The molecular formula is C15H30N2O2. The van der Waals surface area contributed by atoms with Gasteiger partial charge in [0.2, 0.25) is 5.91 Å². The lowest BCUT2D eigenvalue weighted by atomic mass is 9.93. The summed E-state index contributed by atoms with van der Waals surface area (Å²) in [5.74, 6) is 0.272. The normalized spacial score (nSPS) is 19.5. The summed E-state index contributed by atoms with van der Waals surface area (Å²) in [5, 5.41) is 3.59. The number of likely N-dealkylation sites (tertiary alicyclic amines) is 1. The Bertz CT molecular complexity index is 278. The van der Waals surface area contributed by atoms with E-state index in [2.05, 4.69) is 12.2 Å². The first-order valence-corrected chi connectivity index (χ1v) is 7.47. The van der Waals surface area contributed by atoms with E-state index in [1.807, 2.05) is 32.6 Å². The molecule has 0 aromatic carbocycles. The number of amides is 1. The second-order valence-electron chi connectivity index (χ2n) is 6.54. The van der Waals surface area contributed by atoms with Crippen LogP contribution < -0.4 is 5.32 Å². The van der Waals surface area contributed by atoms with E-state index in [9.17, 15) is 4.79 Å². The second kappa shape index (κ2) is 7.25. The Hall–Kier alpha value is -0.610. The maximum Gasteiger partial charge on any atom is 0.227 e. The lowest BCUT2D eigenvalue weighted by Gasteiger charge is -2.37. The van der Waals surface area contributed by atoms with Gasteiger partial charge in [0.05, 0.1) is 6.61 Å². The van der Waals surface area contributed by atoms with Crippen LogP contribution in [0.5, 0.6) is 0 Å². The third-order valence-electron chi connectivity index (χ3n) is 3.52. The smallest absolute Gasteiger partial charge is 0.227 e. The highest BCUT2D eigenvalue weighted by atomic mass is 16.5. The van der Waals surface area contributed by atoms with E-state index < -0.39 is 0 Å². The predicted octanol–water partition coefficient (Wildman–Crippen LogP) is 2.04. The highest BCUT2D eigenvalue weighted by Crippen LogP contribution is 2.21. The van der Waals surface area contributed by atoms with Crippen molar-refractivity contribution in [3.8, 4) is 0 Å². The third-order valence-corrected chi connectivity index (χ3v) is 3.52. The number of hydrogen-bond donors (Lipinski definition) is 1. The quantitative estimate of drug-likeness (QED) is 0.831. The highest BCUT2D eigenvalue weighted by molar-refractivity contribution is 5.81. The summed E-state index contributed by atoms with van der Waals surface area (Å²) in [7, 11) is 0. The van der Waals surface area contributed by atoms with Crippen LogP contribution in [0, 0.1) is 5.41 Å². The fourth-order valence-corrected chi connectivity index (χ4v) is 2.47. The van der Waals surface area contributed by atoms with Crippen LogP contribution in [0.3, 0.4) is 0 Å². The summed E-state index contributed by atoms with van der Waals surface area (Å²) in [6, 6.07) is 0.897. The first-order valence-electron chi connectivity index (χ1n) is 7.47. The molecule has 1 fully saturated rings. The Labute approximate surface area is 117 Å². The van der Waals surface area contributed by atoms with Gasteiger partial charge >= 0.3 is 0 Å². The van der Waals surface area contributed by atoms with E-state index in [1.54, 1.807) is 0 Å². The van der Waals surface area contributed by atoms with E-state index in [1.165, 1.54) is 0 Å². The van der Waals surface area contributed by atoms with Gasteiger partial charge in [-0.2, -0.15) is 0 Å². The summed E-state index contributed by atoms with van der Waals surface area (Å²) in [6.45, 7) is 13.4. The molecule has 1 atom stereocenters. The van der Waals surface area contributed by atoms with Gasteiger partial charge in [-0.05, 0) is 26.7 Å². The van der Waals surface area contributed by atoms with Crippen molar-refractivity contribution in [3.05, 3.63) is 0 Å². The van der Waals surface area contributed by atoms with Gasteiger partial charge in [-0.1, -0.05) is 20.8 Å². The van der Waals surface area contributed by atoms with Crippen LogP contribution in [0.4, 0.5) is 0 Å². The van der Waals surface area contributed by atoms with Gasteiger partial charge in [-0.15, -0.1) is 0 Å². The Morgan fingerprint density at radius 3 is 2.42 bits per heavy atom. The fourth-order valence-electron chi connectivity index (χ4n) is 2.47. The van der Waals surface area contributed by atoms with Crippen molar-refractivity contribution in [2.45, 2.75) is 59.5 Å². The fraction of sp³-hybridized carbons (Fsp3) is 0.933. The first kappa shape index (κ1) is 16.4. The van der Waals surface area contributed by atoms with Gasteiger partial charge in [-0.25, -0.2) is 0 Å². The molecule has 1 rings (SSSR count). The van der Waals surface area contributed by atoms with E-state index in [0.717, 1.165) is 39.1 Å². The Kier molecular flexibility index (Phi) is 6.27. The minimum absolute atomic E-state index is 0.261. The molecule has 4 heteroatoms. The first-order chi connectivity index (χ1) is 8.84. The highest BCUT2D eigenvalue weighted by Gasteiger charge is 2.30. The topological polar surface area (TPSA) is 41.6 Å². The van der Waals surface area contributed by atoms with Crippen LogP contribution in [0.1, 0.15) is 47.5 Å². The van der Waals surface area contributed by atoms with Crippen molar-refractivity contribution in [3.63, 3.8) is 0 Å². The van der Waals surface area contributed by atoms with E-state index in [0.29, 0.717) is 12.1 Å². The molecule has 1 N–H and O–H groups in total. The molecule has 0 aromatic rings. The van der Waals surface area contributed by atoms with Crippen LogP contribution in [-0.4, -0.2) is 49.2 Å². The zero-order valence-corrected chi connectivity index (χ0v) is 13.2. The average molecular weight is 270 g/mol. The number of carbonyl (C=O) groups is 1. The van der Waals surface area contributed by atoms with Crippen LogP contribution in [0.15, 0.2) is 0 Å². The minimum Gasteiger partial charge on any atom is -0.380 e. The number of nitrogens with zero attached hydrogens (tertiary/aromatic N) is 1. The third kappa shape index (κ3) is 5.49. The Morgan fingerprint density at radius 2 is 1.95 bits per heavy atom. The molecule has 1 aliphatic heterocycles. The van der Waals surface area contributed by atoms with E-state index in [4.69, 9.17) is 4.74 Å².